The van der Waals surface area contributed by atoms with Crippen LogP contribution < -0.4 is 14.3 Å². The molecule has 88 valence electrons. The molecule has 1 N–H and O–H groups in total. The number of rotatable bonds is 2. The average Bonchev–Trinajstić information content (AvgIpc) is 2.82. The lowest BCUT2D eigenvalue weighted by atomic mass is 10.2. The summed E-state index contributed by atoms with van der Waals surface area (Å²) in [5.41, 5.74) is 2.04. The maximum atomic E-state index is 5.25. The van der Waals surface area contributed by atoms with Crippen LogP contribution in [0.4, 0.5) is 0 Å². The summed E-state index contributed by atoms with van der Waals surface area (Å²) in [5.74, 6) is 0.818. The lowest BCUT2D eigenvalue weighted by Gasteiger charge is -2.05. The fraction of sp³-hybridized carbons (Fsp3) is 0.417. The minimum atomic E-state index is 0.818. The zero-order chi connectivity index (χ0) is 12.1. The van der Waals surface area contributed by atoms with Gasteiger partial charge >= 0.3 is 5.65 Å². The molecule has 0 saturated heterocycles. The first kappa shape index (κ1) is 12.4. The first-order chi connectivity index (χ1) is 7.77. The molecule has 0 spiro atoms. The molecule has 0 atom stereocenters. The van der Waals surface area contributed by atoms with E-state index in [1.807, 2.05) is 39.2 Å². The van der Waals surface area contributed by atoms with E-state index in [9.17, 15) is 0 Å². The number of ether oxygens (including phenoxy) is 1. The van der Waals surface area contributed by atoms with E-state index < -0.39 is 0 Å². The van der Waals surface area contributed by atoms with Gasteiger partial charge in [0.2, 0.25) is 0 Å². The van der Waals surface area contributed by atoms with Gasteiger partial charge in [0.15, 0.2) is 11.9 Å². The number of aryl methyl sites for hydroxylation is 1. The van der Waals surface area contributed by atoms with Crippen LogP contribution in [0, 0.1) is 6.92 Å². The second kappa shape index (κ2) is 5.39. The summed E-state index contributed by atoms with van der Waals surface area (Å²) in [6.45, 7) is 6.02. The first-order valence-electron chi connectivity index (χ1n) is 5.38. The molecule has 0 fully saturated rings. The molecule has 0 unspecified atom stereocenters. The quantitative estimate of drug-likeness (QED) is 0.789. The highest BCUT2D eigenvalue weighted by Gasteiger charge is 2.15. The minimum absolute atomic E-state index is 0.818. The third kappa shape index (κ3) is 1.96. The van der Waals surface area contributed by atoms with Gasteiger partial charge in [-0.15, -0.1) is 0 Å². The molecule has 2 rings (SSSR count). The second-order valence-corrected chi connectivity index (χ2v) is 3.07. The largest absolute Gasteiger partial charge is 0.493 e. The van der Waals surface area contributed by atoms with Gasteiger partial charge in [0.05, 0.1) is 18.7 Å². The fourth-order valence-corrected chi connectivity index (χ4v) is 1.60. The van der Waals surface area contributed by atoms with Gasteiger partial charge in [-0.05, 0) is 17.7 Å². The Morgan fingerprint density at radius 1 is 1.25 bits per heavy atom. The number of aromatic amines is 1. The van der Waals surface area contributed by atoms with Crippen LogP contribution in [-0.2, 0) is 0 Å². The van der Waals surface area contributed by atoms with Crippen molar-refractivity contribution in [2.45, 2.75) is 20.8 Å². The van der Waals surface area contributed by atoms with E-state index in [0.29, 0.717) is 0 Å². The summed E-state index contributed by atoms with van der Waals surface area (Å²) < 4.78 is 6.90. The highest BCUT2D eigenvalue weighted by Crippen LogP contribution is 2.22. The van der Waals surface area contributed by atoms with Crippen LogP contribution in [-0.4, -0.2) is 19.2 Å². The molecule has 2 aromatic heterocycles. The second-order valence-electron chi connectivity index (χ2n) is 3.07. The molecule has 0 amide bonds. The zero-order valence-electron chi connectivity index (χ0n) is 10.5. The third-order valence-electron chi connectivity index (χ3n) is 2.37. The van der Waals surface area contributed by atoms with Gasteiger partial charge in [0.25, 0.3) is 0 Å². The summed E-state index contributed by atoms with van der Waals surface area (Å²) in [6.07, 6.45) is 3.70. The maximum absolute atomic E-state index is 5.25. The lowest BCUT2D eigenvalue weighted by molar-refractivity contribution is -0.866. The van der Waals surface area contributed by atoms with Gasteiger partial charge in [-0.25, -0.2) is 4.98 Å². The van der Waals surface area contributed by atoms with E-state index in [-0.39, 0.29) is 0 Å². The Morgan fingerprint density at radius 3 is 2.50 bits per heavy atom. The minimum Gasteiger partial charge on any atom is -0.493 e. The van der Waals surface area contributed by atoms with Crippen molar-refractivity contribution < 1.29 is 14.3 Å². The van der Waals surface area contributed by atoms with Crippen molar-refractivity contribution in [3.8, 4) is 5.75 Å². The Morgan fingerprint density at radius 2 is 1.94 bits per heavy atom. The maximum Gasteiger partial charge on any atom is 0.326 e. The molecule has 16 heavy (non-hydrogen) atoms. The number of nitrogens with zero attached hydrogens (tertiary/aromatic N) is 1. The van der Waals surface area contributed by atoms with Crippen LogP contribution in [0.15, 0.2) is 18.5 Å². The van der Waals surface area contributed by atoms with Crippen molar-refractivity contribution in [3.63, 3.8) is 0 Å². The fourth-order valence-electron chi connectivity index (χ4n) is 1.60. The van der Waals surface area contributed by atoms with Crippen LogP contribution in [0.25, 0.3) is 11.0 Å². The van der Waals surface area contributed by atoms with Gasteiger partial charge in [-0.2, -0.15) is 0 Å². The standard InChI is InChI=1S/C10H12N2O2.C2H6/c1-7-8-4-5-11-10(8)12(14-3)6-9(7)13-2;1-2/h4-6H,1-3H3;1-2H3/p+1. The van der Waals surface area contributed by atoms with Crippen LogP contribution in [0.2, 0.25) is 0 Å². The highest BCUT2D eigenvalue weighted by molar-refractivity contribution is 5.78. The number of pyridine rings is 1. The van der Waals surface area contributed by atoms with Gasteiger partial charge in [0, 0.05) is 5.56 Å². The van der Waals surface area contributed by atoms with Crippen LogP contribution in [0.1, 0.15) is 19.4 Å². The summed E-state index contributed by atoms with van der Waals surface area (Å²) in [4.78, 5) is 8.30. The molecule has 0 aliphatic heterocycles. The summed E-state index contributed by atoms with van der Waals surface area (Å²) >= 11 is 0. The van der Waals surface area contributed by atoms with Crippen molar-refractivity contribution in [3.05, 3.63) is 24.0 Å². The number of fused-ring (bicyclic) bond motifs is 1. The molecule has 4 nitrogen and oxygen atoms in total. The molecule has 0 radical (unpaired) electrons. The molecule has 0 aliphatic carbocycles. The van der Waals surface area contributed by atoms with Gasteiger partial charge in [-0.1, -0.05) is 13.8 Å². The topological polar surface area (TPSA) is 38.1 Å². The van der Waals surface area contributed by atoms with Crippen molar-refractivity contribution in [1.82, 2.24) is 4.98 Å². The Balaban J connectivity index is 0.000000606. The zero-order valence-corrected chi connectivity index (χ0v) is 10.5. The first-order valence-corrected chi connectivity index (χ1v) is 5.38. The van der Waals surface area contributed by atoms with E-state index in [2.05, 4.69) is 4.98 Å². The van der Waals surface area contributed by atoms with Crippen molar-refractivity contribution in [1.29, 1.82) is 0 Å². The predicted octanol–water partition coefficient (Wildman–Crippen LogP) is 1.86. The molecule has 2 heterocycles. The molecular formula is C12H19N2O2+. The number of hydrogen-bond donors (Lipinski definition) is 1. The highest BCUT2D eigenvalue weighted by atomic mass is 16.6. The van der Waals surface area contributed by atoms with Crippen molar-refractivity contribution in [2.75, 3.05) is 14.2 Å². The number of nitrogens with one attached hydrogen (secondary N) is 1. The van der Waals surface area contributed by atoms with E-state index in [0.717, 1.165) is 22.3 Å². The number of aromatic nitrogens is 2. The van der Waals surface area contributed by atoms with Crippen molar-refractivity contribution >= 4 is 11.0 Å². The van der Waals surface area contributed by atoms with Gasteiger partial charge in [0.1, 0.15) is 7.11 Å². The molecule has 0 aliphatic rings. The smallest absolute Gasteiger partial charge is 0.326 e. The van der Waals surface area contributed by atoms with Crippen LogP contribution >= 0.6 is 0 Å². The molecule has 4 heteroatoms. The summed E-state index contributed by atoms with van der Waals surface area (Å²) in [7, 11) is 3.27. The van der Waals surface area contributed by atoms with E-state index in [1.54, 1.807) is 19.0 Å². The number of hydrogen-bond acceptors (Lipinski definition) is 2. The predicted molar refractivity (Wildman–Crippen MR) is 63.6 cm³/mol. The van der Waals surface area contributed by atoms with Crippen LogP contribution in [0.3, 0.4) is 0 Å². The average molecular weight is 223 g/mol. The number of H-pyrrole nitrogens is 1. The number of methoxy groups -OCH3 is 1. The Hall–Kier alpha value is -1.71. The monoisotopic (exact) mass is 223 g/mol. The van der Waals surface area contributed by atoms with E-state index >= 15 is 0 Å². The Bertz CT molecular complexity index is 463. The van der Waals surface area contributed by atoms with E-state index in [4.69, 9.17) is 9.57 Å². The molecule has 2 aromatic rings. The Labute approximate surface area is 95.8 Å². The SMILES string of the molecule is CC.COc1c[n+](OC)c2[nH]ccc2c1C. The molecule has 0 aromatic carbocycles. The Kier molecular flexibility index (Phi) is 4.17. The molecule has 0 saturated carbocycles. The van der Waals surface area contributed by atoms with Crippen molar-refractivity contribution in [2.24, 2.45) is 0 Å². The summed E-state index contributed by atoms with van der Waals surface area (Å²) in [5, 5.41) is 1.10. The van der Waals surface area contributed by atoms with Gasteiger partial charge in [-0.3, -0.25) is 0 Å². The summed E-state index contributed by atoms with van der Waals surface area (Å²) in [6, 6.07) is 2.00. The normalized spacial score (nSPS) is 9.56. The van der Waals surface area contributed by atoms with Crippen LogP contribution in [0.5, 0.6) is 5.75 Å². The lowest BCUT2D eigenvalue weighted by Crippen LogP contribution is -2.41. The molecule has 0 bridgehead atoms. The van der Waals surface area contributed by atoms with E-state index in [1.165, 1.54) is 0 Å². The van der Waals surface area contributed by atoms with Gasteiger partial charge < -0.3 is 9.57 Å². The molecular weight excluding hydrogens is 204 g/mol. The third-order valence-corrected chi connectivity index (χ3v) is 2.37.